The molecule has 0 bridgehead atoms. The average Bonchev–Trinajstić information content (AvgIpc) is 3.32. The fourth-order valence-corrected chi connectivity index (χ4v) is 4.05. The number of benzene rings is 1. The Morgan fingerprint density at radius 1 is 1.24 bits per heavy atom. The number of hydrogen-bond acceptors (Lipinski definition) is 7. The standard InChI is InChI=1S/C21H23NO7/c1-11-9-14(23)17(20(24)22(11)10-12-5-4-8-28-12)18-13-6-7-15(26-2)19(27-3)16(13)21(25)29-18/h6-7,9,12,18,23H,4-5,8,10H2,1-3H3/t12-,18+/m0/s1. The van der Waals surface area contributed by atoms with Crippen molar-refractivity contribution in [2.75, 3.05) is 20.8 Å². The Labute approximate surface area is 167 Å². The maximum Gasteiger partial charge on any atom is 0.343 e. The van der Waals surface area contributed by atoms with Gasteiger partial charge in [-0.25, -0.2) is 4.79 Å². The third-order valence-electron chi connectivity index (χ3n) is 5.48. The third-order valence-corrected chi connectivity index (χ3v) is 5.48. The van der Waals surface area contributed by atoms with E-state index in [0.717, 1.165) is 12.8 Å². The van der Waals surface area contributed by atoms with E-state index in [0.29, 0.717) is 30.2 Å². The lowest BCUT2D eigenvalue weighted by molar-refractivity contribution is 0.0446. The first kappa shape index (κ1) is 19.3. The van der Waals surface area contributed by atoms with E-state index in [9.17, 15) is 14.7 Å². The summed E-state index contributed by atoms with van der Waals surface area (Å²) in [7, 11) is 2.90. The predicted molar refractivity (Wildman–Crippen MR) is 103 cm³/mol. The number of rotatable bonds is 5. The number of fused-ring (bicyclic) bond motifs is 1. The number of ether oxygens (including phenoxy) is 4. The first-order chi connectivity index (χ1) is 14.0. The molecule has 8 heteroatoms. The second-order valence-electron chi connectivity index (χ2n) is 7.19. The molecule has 4 rings (SSSR count). The number of esters is 1. The fraction of sp³-hybridized carbons (Fsp3) is 0.429. The van der Waals surface area contributed by atoms with Gasteiger partial charge >= 0.3 is 5.97 Å². The van der Waals surface area contributed by atoms with E-state index in [1.807, 2.05) is 0 Å². The van der Waals surface area contributed by atoms with Crippen LogP contribution in [0.4, 0.5) is 0 Å². The molecule has 1 fully saturated rings. The van der Waals surface area contributed by atoms with Crippen LogP contribution in [0.5, 0.6) is 17.2 Å². The van der Waals surface area contributed by atoms with Crippen LogP contribution in [0.15, 0.2) is 23.0 Å². The van der Waals surface area contributed by atoms with Gasteiger partial charge in [0.25, 0.3) is 5.56 Å². The molecule has 2 aromatic rings. The van der Waals surface area contributed by atoms with E-state index in [4.69, 9.17) is 18.9 Å². The molecule has 0 aliphatic carbocycles. The van der Waals surface area contributed by atoms with Crippen LogP contribution in [0, 0.1) is 6.92 Å². The molecular formula is C21H23NO7. The lowest BCUT2D eigenvalue weighted by Crippen LogP contribution is -2.31. The van der Waals surface area contributed by atoms with Crippen LogP contribution in [0.25, 0.3) is 0 Å². The van der Waals surface area contributed by atoms with E-state index in [1.54, 1.807) is 23.6 Å². The molecule has 3 heterocycles. The van der Waals surface area contributed by atoms with Gasteiger partial charge in [-0.1, -0.05) is 6.07 Å². The number of carbonyl (C=O) groups is 1. The number of cyclic esters (lactones) is 1. The van der Waals surface area contributed by atoms with Crippen LogP contribution < -0.4 is 15.0 Å². The van der Waals surface area contributed by atoms with Crippen molar-refractivity contribution in [2.24, 2.45) is 0 Å². The van der Waals surface area contributed by atoms with Gasteiger partial charge in [0, 0.05) is 17.9 Å². The Morgan fingerprint density at radius 3 is 2.69 bits per heavy atom. The van der Waals surface area contributed by atoms with Gasteiger partial charge in [0.2, 0.25) is 0 Å². The number of methoxy groups -OCH3 is 2. The van der Waals surface area contributed by atoms with Gasteiger partial charge in [0.15, 0.2) is 17.6 Å². The number of aryl methyl sites for hydroxylation is 1. The summed E-state index contributed by atoms with van der Waals surface area (Å²) in [5.41, 5.74) is 0.879. The van der Waals surface area contributed by atoms with Crippen LogP contribution in [0.1, 0.15) is 46.1 Å². The summed E-state index contributed by atoms with van der Waals surface area (Å²) in [6, 6.07) is 4.80. The Balaban J connectivity index is 1.83. The zero-order valence-corrected chi connectivity index (χ0v) is 16.6. The Kier molecular flexibility index (Phi) is 4.96. The maximum atomic E-state index is 13.3. The number of hydrogen-bond donors (Lipinski definition) is 1. The highest BCUT2D eigenvalue weighted by Gasteiger charge is 2.40. The van der Waals surface area contributed by atoms with Gasteiger partial charge in [-0.05, 0) is 31.9 Å². The highest BCUT2D eigenvalue weighted by molar-refractivity contribution is 5.98. The second-order valence-corrected chi connectivity index (χ2v) is 7.19. The molecule has 1 aromatic carbocycles. The van der Waals surface area contributed by atoms with Gasteiger partial charge in [0.1, 0.15) is 16.9 Å². The summed E-state index contributed by atoms with van der Waals surface area (Å²) in [4.78, 5) is 25.9. The molecule has 0 spiro atoms. The SMILES string of the molecule is COc1ccc2c(c1OC)C(=O)O[C@H]2c1c(O)cc(C)n(C[C@@H]2CCCO2)c1=O. The Morgan fingerprint density at radius 2 is 2.03 bits per heavy atom. The van der Waals surface area contributed by atoms with Crippen molar-refractivity contribution < 1.29 is 28.8 Å². The summed E-state index contributed by atoms with van der Waals surface area (Å²) in [5, 5.41) is 10.6. The van der Waals surface area contributed by atoms with E-state index in [1.165, 1.54) is 20.3 Å². The zero-order chi connectivity index (χ0) is 20.7. The number of aromatic nitrogens is 1. The first-order valence-corrected chi connectivity index (χ1v) is 9.47. The van der Waals surface area contributed by atoms with Crippen molar-refractivity contribution >= 4 is 5.97 Å². The minimum absolute atomic E-state index is 0.0212. The predicted octanol–water partition coefficient (Wildman–Crippen LogP) is 2.32. The van der Waals surface area contributed by atoms with E-state index < -0.39 is 17.6 Å². The zero-order valence-electron chi connectivity index (χ0n) is 16.6. The summed E-state index contributed by atoms with van der Waals surface area (Å²) >= 11 is 0. The van der Waals surface area contributed by atoms with Gasteiger partial charge in [-0.2, -0.15) is 0 Å². The minimum atomic E-state index is -1.03. The molecule has 2 atom stereocenters. The van der Waals surface area contributed by atoms with Crippen molar-refractivity contribution in [3.63, 3.8) is 0 Å². The van der Waals surface area contributed by atoms with Crippen molar-refractivity contribution in [3.8, 4) is 17.2 Å². The van der Waals surface area contributed by atoms with Crippen LogP contribution in [-0.2, 0) is 16.0 Å². The molecule has 0 amide bonds. The van der Waals surface area contributed by atoms with Crippen molar-refractivity contribution in [3.05, 3.63) is 50.9 Å². The molecule has 1 aromatic heterocycles. The molecule has 0 unspecified atom stereocenters. The summed E-state index contributed by atoms with van der Waals surface area (Å²) < 4.78 is 23.3. The Bertz CT molecular complexity index is 1020. The van der Waals surface area contributed by atoms with Crippen LogP contribution in [0.3, 0.4) is 0 Å². The summed E-state index contributed by atoms with van der Waals surface area (Å²) in [5.74, 6) is -0.223. The highest BCUT2D eigenvalue weighted by Crippen LogP contribution is 2.45. The fourth-order valence-electron chi connectivity index (χ4n) is 4.05. The molecule has 29 heavy (non-hydrogen) atoms. The van der Waals surface area contributed by atoms with Crippen LogP contribution in [0.2, 0.25) is 0 Å². The third kappa shape index (κ3) is 3.13. The summed E-state index contributed by atoms with van der Waals surface area (Å²) in [6.45, 7) is 2.82. The molecule has 2 aliphatic heterocycles. The molecule has 2 aliphatic rings. The van der Waals surface area contributed by atoms with E-state index in [-0.39, 0.29) is 28.7 Å². The van der Waals surface area contributed by atoms with Crippen LogP contribution >= 0.6 is 0 Å². The van der Waals surface area contributed by atoms with Gasteiger partial charge in [0.05, 0.1) is 26.9 Å². The number of nitrogens with zero attached hydrogens (tertiary/aromatic N) is 1. The van der Waals surface area contributed by atoms with Gasteiger partial charge in [-0.15, -0.1) is 0 Å². The Hall–Kier alpha value is -3.00. The maximum absolute atomic E-state index is 13.3. The highest BCUT2D eigenvalue weighted by atomic mass is 16.6. The number of carbonyl (C=O) groups excluding carboxylic acids is 1. The van der Waals surface area contributed by atoms with E-state index in [2.05, 4.69) is 0 Å². The molecular weight excluding hydrogens is 378 g/mol. The second kappa shape index (κ2) is 7.44. The monoisotopic (exact) mass is 401 g/mol. The lowest BCUT2D eigenvalue weighted by atomic mass is 9.98. The largest absolute Gasteiger partial charge is 0.507 e. The van der Waals surface area contributed by atoms with Crippen molar-refractivity contribution in [1.29, 1.82) is 0 Å². The van der Waals surface area contributed by atoms with E-state index >= 15 is 0 Å². The molecule has 0 saturated carbocycles. The molecule has 154 valence electrons. The average molecular weight is 401 g/mol. The summed E-state index contributed by atoms with van der Waals surface area (Å²) in [6.07, 6.45) is 0.756. The van der Waals surface area contributed by atoms with Crippen LogP contribution in [-0.4, -0.2) is 42.6 Å². The molecule has 1 N–H and O–H groups in total. The lowest BCUT2D eigenvalue weighted by Gasteiger charge is -2.19. The van der Waals surface area contributed by atoms with Gasteiger partial charge in [-0.3, -0.25) is 4.79 Å². The normalized spacial score (nSPS) is 20.4. The minimum Gasteiger partial charge on any atom is -0.507 e. The molecule has 8 nitrogen and oxygen atoms in total. The topological polar surface area (TPSA) is 96.2 Å². The van der Waals surface area contributed by atoms with Gasteiger partial charge < -0.3 is 28.6 Å². The number of pyridine rings is 1. The van der Waals surface area contributed by atoms with Crippen molar-refractivity contribution in [1.82, 2.24) is 4.57 Å². The quantitative estimate of drug-likeness (QED) is 0.768. The first-order valence-electron chi connectivity index (χ1n) is 9.47. The molecule has 0 radical (unpaired) electrons. The smallest absolute Gasteiger partial charge is 0.343 e. The number of aromatic hydroxyl groups is 1. The molecule has 1 saturated heterocycles. The van der Waals surface area contributed by atoms with Crippen molar-refractivity contribution in [2.45, 2.75) is 38.5 Å².